The predicted molar refractivity (Wildman–Crippen MR) is 155 cm³/mol. The van der Waals surface area contributed by atoms with Crippen molar-refractivity contribution in [2.75, 3.05) is 13.7 Å². The first kappa shape index (κ1) is 33.7. The Labute approximate surface area is 258 Å². The van der Waals surface area contributed by atoms with Crippen LogP contribution in [0.4, 0.5) is 0 Å². The number of nitrogens with zero attached hydrogens (tertiary/aromatic N) is 2. The summed E-state index contributed by atoms with van der Waals surface area (Å²) in [6.45, 7) is 11.0. The van der Waals surface area contributed by atoms with Gasteiger partial charge in [-0.2, -0.15) is 0 Å². The van der Waals surface area contributed by atoms with Crippen LogP contribution in [-0.2, 0) is 28.5 Å². The summed E-state index contributed by atoms with van der Waals surface area (Å²) >= 11 is 14.8. The predicted octanol–water partition coefficient (Wildman–Crippen LogP) is 6.68. The zero-order valence-corrected chi connectivity index (χ0v) is 27.2. The molecule has 2 aromatic heterocycles. The highest BCUT2D eigenvalue weighted by Gasteiger charge is 2.37. The average Bonchev–Trinajstić information content (AvgIpc) is 3.64. The molecule has 4 atom stereocenters. The molecule has 0 bridgehead atoms. The zero-order chi connectivity index (χ0) is 30.5. The molecule has 0 saturated carbocycles. The topological polar surface area (TPSA) is 123 Å². The molecule has 1 aliphatic rings. The summed E-state index contributed by atoms with van der Waals surface area (Å²) in [7, 11) is 1.27. The number of hydrogen-bond donors (Lipinski definition) is 0. The Balaban J connectivity index is 1.73. The lowest BCUT2D eigenvalue weighted by atomic mass is 9.98. The Hall–Kier alpha value is -1.83. The summed E-state index contributed by atoms with van der Waals surface area (Å²) in [6.07, 6.45) is -0.700. The third kappa shape index (κ3) is 9.59. The zero-order valence-electron chi connectivity index (χ0n) is 24.1. The fourth-order valence-corrected chi connectivity index (χ4v) is 6.09. The second kappa shape index (κ2) is 14.1. The van der Waals surface area contributed by atoms with Gasteiger partial charge >= 0.3 is 17.9 Å². The van der Waals surface area contributed by atoms with Crippen LogP contribution in [0.2, 0.25) is 0 Å². The van der Waals surface area contributed by atoms with E-state index in [2.05, 4.69) is 9.97 Å². The minimum absolute atomic E-state index is 0.113. The number of carbonyl (C=O) groups is 3. The summed E-state index contributed by atoms with van der Waals surface area (Å²) in [6, 6.07) is 0. The lowest BCUT2D eigenvalue weighted by Gasteiger charge is -2.26. The van der Waals surface area contributed by atoms with Crippen molar-refractivity contribution in [3.63, 3.8) is 0 Å². The van der Waals surface area contributed by atoms with Gasteiger partial charge in [-0.15, -0.1) is 45.9 Å². The van der Waals surface area contributed by atoms with Crippen LogP contribution in [0.5, 0.6) is 0 Å². The van der Waals surface area contributed by atoms with E-state index in [0.29, 0.717) is 35.9 Å². The molecule has 1 aliphatic heterocycles. The van der Waals surface area contributed by atoms with Gasteiger partial charge in [0.2, 0.25) is 0 Å². The molecule has 14 heteroatoms. The van der Waals surface area contributed by atoms with Gasteiger partial charge in [0, 0.05) is 10.8 Å². The molecule has 0 N–H and O–H groups in total. The van der Waals surface area contributed by atoms with Gasteiger partial charge < -0.3 is 23.7 Å². The number of hydrogen-bond acceptors (Lipinski definition) is 12. The molecule has 0 spiro atoms. The number of thiazole rings is 2. The molecular weight excluding hydrogens is 615 g/mol. The maximum atomic E-state index is 13.4. The van der Waals surface area contributed by atoms with Crippen molar-refractivity contribution in [1.29, 1.82) is 0 Å². The van der Waals surface area contributed by atoms with Crippen LogP contribution in [0, 0.1) is 11.8 Å². The molecule has 0 radical (unpaired) electrons. The van der Waals surface area contributed by atoms with Crippen molar-refractivity contribution in [1.82, 2.24) is 9.97 Å². The molecule has 1 fully saturated rings. The quantitative estimate of drug-likeness (QED) is 0.132. The number of rotatable bonds is 13. The molecule has 228 valence electrons. The third-order valence-corrected chi connectivity index (χ3v) is 8.54. The summed E-state index contributed by atoms with van der Waals surface area (Å²) in [5.74, 6) is -3.52. The van der Waals surface area contributed by atoms with Gasteiger partial charge in [0.05, 0.1) is 19.6 Å². The van der Waals surface area contributed by atoms with Gasteiger partial charge in [-0.1, -0.05) is 13.8 Å². The molecule has 0 amide bonds. The normalized spacial score (nSPS) is 19.0. The fourth-order valence-electron chi connectivity index (χ4n) is 4.03. The molecule has 0 unspecified atom stereocenters. The van der Waals surface area contributed by atoms with E-state index in [4.69, 9.17) is 46.9 Å². The highest BCUT2D eigenvalue weighted by Crippen LogP contribution is 2.35. The van der Waals surface area contributed by atoms with E-state index in [1.54, 1.807) is 24.6 Å². The molecule has 10 nitrogen and oxygen atoms in total. The van der Waals surface area contributed by atoms with Crippen LogP contribution in [0.3, 0.4) is 0 Å². The van der Waals surface area contributed by atoms with E-state index in [-0.39, 0.29) is 23.4 Å². The third-order valence-electron chi connectivity index (χ3n) is 6.32. The molecule has 2 aromatic rings. The maximum Gasteiger partial charge on any atom is 0.358 e. The first-order chi connectivity index (χ1) is 19.1. The number of ether oxygens (including phenoxy) is 5. The van der Waals surface area contributed by atoms with Gasteiger partial charge in [-0.25, -0.2) is 19.6 Å². The smallest absolute Gasteiger partial charge is 0.358 e. The van der Waals surface area contributed by atoms with Crippen LogP contribution in [0.15, 0.2) is 10.8 Å². The first-order valence-electron chi connectivity index (χ1n) is 13.2. The standard InChI is InChI=1S/C27H36Cl2N2O8S2/c1-14(2)20(22-31-16(12-41-22)24(33)35-7)38-23(32)15(3)18(9-8-10-27(6,28)29)37-25(34)17-13-40-21(30-17)19-11-36-26(4,5)39-19/h12-15,18-20H,8-11H2,1-7H3/t15-,18+,19-,20+/m1/s1. The van der Waals surface area contributed by atoms with Gasteiger partial charge in [-0.3, -0.25) is 4.79 Å². The lowest BCUT2D eigenvalue weighted by Crippen LogP contribution is -2.33. The Kier molecular flexibility index (Phi) is 11.6. The number of aromatic nitrogens is 2. The Morgan fingerprint density at radius 3 is 2.34 bits per heavy atom. The van der Waals surface area contributed by atoms with E-state index < -0.39 is 46.2 Å². The molecule has 41 heavy (non-hydrogen) atoms. The molecule has 3 heterocycles. The molecule has 0 aliphatic carbocycles. The highest BCUT2D eigenvalue weighted by atomic mass is 35.5. The number of esters is 3. The summed E-state index contributed by atoms with van der Waals surface area (Å²) in [5.41, 5.74) is 0.251. The van der Waals surface area contributed by atoms with Crippen molar-refractivity contribution in [2.24, 2.45) is 11.8 Å². The van der Waals surface area contributed by atoms with Crippen molar-refractivity contribution in [3.05, 3.63) is 32.2 Å². The largest absolute Gasteiger partial charge is 0.464 e. The maximum absolute atomic E-state index is 13.4. The van der Waals surface area contributed by atoms with E-state index in [9.17, 15) is 14.4 Å². The van der Waals surface area contributed by atoms with Crippen molar-refractivity contribution >= 4 is 63.8 Å². The number of halogens is 2. The van der Waals surface area contributed by atoms with Gasteiger partial charge in [0.1, 0.15) is 26.6 Å². The second-order valence-corrected chi connectivity index (χ2v) is 14.4. The van der Waals surface area contributed by atoms with Crippen molar-refractivity contribution in [2.45, 2.75) is 89.2 Å². The van der Waals surface area contributed by atoms with Crippen LogP contribution in [-0.4, -0.2) is 57.8 Å². The number of carbonyl (C=O) groups excluding carboxylic acids is 3. The van der Waals surface area contributed by atoms with E-state index >= 15 is 0 Å². The van der Waals surface area contributed by atoms with Crippen LogP contribution >= 0.6 is 45.9 Å². The second-order valence-electron chi connectivity index (χ2n) is 10.7. The Morgan fingerprint density at radius 1 is 1.10 bits per heavy atom. The SMILES string of the molecule is COC(=O)c1csc([C@@H](OC(=O)[C@H](C)[C@H](CCCC(C)(Cl)Cl)OC(=O)c2csc([C@H]3COC(C)(C)O3)n2)C(C)C)n1. The number of alkyl halides is 2. The van der Waals surface area contributed by atoms with Crippen molar-refractivity contribution < 1.29 is 38.1 Å². The van der Waals surface area contributed by atoms with Gasteiger partial charge in [0.15, 0.2) is 23.3 Å². The number of methoxy groups -OCH3 is 1. The molecule has 0 aromatic carbocycles. The van der Waals surface area contributed by atoms with Gasteiger partial charge in [0.25, 0.3) is 0 Å². The van der Waals surface area contributed by atoms with E-state index in [0.717, 1.165) is 0 Å². The lowest BCUT2D eigenvalue weighted by molar-refractivity contribution is -0.160. The molecule has 1 saturated heterocycles. The summed E-state index contributed by atoms with van der Waals surface area (Å²) in [4.78, 5) is 47.1. The Bertz CT molecular complexity index is 1210. The first-order valence-corrected chi connectivity index (χ1v) is 15.7. The van der Waals surface area contributed by atoms with Crippen LogP contribution < -0.4 is 0 Å². The molecule has 3 rings (SSSR count). The minimum atomic E-state index is -0.968. The van der Waals surface area contributed by atoms with Crippen molar-refractivity contribution in [3.8, 4) is 0 Å². The minimum Gasteiger partial charge on any atom is -0.464 e. The average molecular weight is 652 g/mol. The highest BCUT2D eigenvalue weighted by molar-refractivity contribution is 7.10. The van der Waals surface area contributed by atoms with E-state index in [1.807, 2.05) is 27.7 Å². The fraction of sp³-hybridized carbons (Fsp3) is 0.667. The Morgan fingerprint density at radius 2 is 1.76 bits per heavy atom. The van der Waals surface area contributed by atoms with E-state index in [1.165, 1.54) is 29.8 Å². The van der Waals surface area contributed by atoms with Crippen LogP contribution in [0.1, 0.15) is 104 Å². The monoisotopic (exact) mass is 650 g/mol. The summed E-state index contributed by atoms with van der Waals surface area (Å²) < 4.78 is 26.9. The molecular formula is C27H36Cl2N2O8S2. The summed E-state index contributed by atoms with van der Waals surface area (Å²) in [5, 5.41) is 4.21. The van der Waals surface area contributed by atoms with Gasteiger partial charge in [-0.05, 0) is 52.9 Å². The van der Waals surface area contributed by atoms with Crippen LogP contribution in [0.25, 0.3) is 0 Å².